The number of amides is 1. The van der Waals surface area contributed by atoms with Crippen LogP contribution in [-0.2, 0) is 47.2 Å². The van der Waals surface area contributed by atoms with Gasteiger partial charge in [0.05, 0.1) is 51.0 Å². The number of aromatic nitrogens is 1. The molecule has 0 aliphatic carbocycles. The fourth-order valence-electron chi connectivity index (χ4n) is 5.62. The molecule has 0 radical (unpaired) electrons. The van der Waals surface area contributed by atoms with Gasteiger partial charge < -0.3 is 42.2 Å². The molecule has 0 spiro atoms. The fraction of sp³-hybridized carbons (Fsp3) is 0.356. The molecule has 0 fully saturated rings. The number of nitrogens with zero attached hydrogens (tertiary/aromatic N) is 1. The normalized spacial score (nSPS) is 12.0. The molecule has 14 nitrogen and oxygen atoms in total. The lowest BCUT2D eigenvalue weighted by atomic mass is 10.2. The van der Waals surface area contributed by atoms with Crippen LogP contribution in [0.25, 0.3) is 0 Å². The maximum absolute atomic E-state index is 13.1. The first-order chi connectivity index (χ1) is 29.5. The monoisotopic (exact) mass is 878 g/mol. The van der Waals surface area contributed by atoms with Crippen LogP contribution in [0.1, 0.15) is 65.2 Å². The summed E-state index contributed by atoms with van der Waals surface area (Å²) in [5, 5.41) is 4.89. The van der Waals surface area contributed by atoms with Crippen molar-refractivity contribution < 1.29 is 56.4 Å². The molecule has 0 aliphatic heterocycles. The number of hydrogen-bond acceptors (Lipinski definition) is 14. The van der Waals surface area contributed by atoms with E-state index in [0.29, 0.717) is 71.4 Å². The van der Waals surface area contributed by atoms with E-state index in [1.807, 2.05) is 74.5 Å². The van der Waals surface area contributed by atoms with Gasteiger partial charge in [-0.3, -0.25) is 14.7 Å². The van der Waals surface area contributed by atoms with Crippen LogP contribution in [0.5, 0.6) is 23.0 Å². The number of carbonyl (C=O) groups excluding carboxylic acids is 2. The van der Waals surface area contributed by atoms with Crippen LogP contribution in [0.15, 0.2) is 102 Å². The summed E-state index contributed by atoms with van der Waals surface area (Å²) in [4.78, 5) is 29.4. The van der Waals surface area contributed by atoms with Gasteiger partial charge in [0.15, 0.2) is 5.13 Å². The molecule has 0 saturated carbocycles. The zero-order valence-corrected chi connectivity index (χ0v) is 37.3. The van der Waals surface area contributed by atoms with Crippen molar-refractivity contribution in [3.63, 3.8) is 0 Å². The number of carbonyl (C=O) groups is 2. The van der Waals surface area contributed by atoms with E-state index in [0.717, 1.165) is 11.1 Å². The Bertz CT molecular complexity index is 2130. The van der Waals surface area contributed by atoms with Crippen molar-refractivity contribution in [3.05, 3.63) is 130 Å². The topological polar surface area (TPSA) is 159 Å². The molecule has 2 atom stereocenters. The average molecular weight is 879 g/mol. The highest BCUT2D eigenvalue weighted by Crippen LogP contribution is 2.51. The van der Waals surface area contributed by atoms with Gasteiger partial charge in [-0.2, -0.15) is 0 Å². The van der Waals surface area contributed by atoms with E-state index in [1.165, 1.54) is 18.4 Å². The number of ether oxygens (including phenoxy) is 7. The summed E-state index contributed by atoms with van der Waals surface area (Å²) < 4.78 is 61.9. The van der Waals surface area contributed by atoms with Gasteiger partial charge in [0.1, 0.15) is 48.4 Å². The van der Waals surface area contributed by atoms with Crippen LogP contribution in [0.2, 0.25) is 0 Å². The van der Waals surface area contributed by atoms with Gasteiger partial charge >= 0.3 is 13.6 Å². The second kappa shape index (κ2) is 25.5. The molecule has 1 heterocycles. The Hall–Kier alpha value is -5.28. The third-order valence-corrected chi connectivity index (χ3v) is 11.0. The molecule has 328 valence electrons. The van der Waals surface area contributed by atoms with Gasteiger partial charge in [-0.15, -0.1) is 11.3 Å². The molecule has 0 unspecified atom stereocenters. The van der Waals surface area contributed by atoms with E-state index in [1.54, 1.807) is 69.8 Å². The van der Waals surface area contributed by atoms with Crippen LogP contribution in [0.3, 0.4) is 0 Å². The van der Waals surface area contributed by atoms with Gasteiger partial charge in [-0.25, -0.2) is 9.78 Å². The molecular weight excluding hydrogens is 824 g/mol. The summed E-state index contributed by atoms with van der Waals surface area (Å²) in [6.45, 7) is 9.39. The lowest BCUT2D eigenvalue weighted by Gasteiger charge is -2.16. The molecule has 1 amide bonds. The van der Waals surface area contributed by atoms with E-state index in [2.05, 4.69) is 10.3 Å². The summed E-state index contributed by atoms with van der Waals surface area (Å²) in [6.07, 6.45) is -0.345. The lowest BCUT2D eigenvalue weighted by molar-refractivity contribution is 0.0597. The van der Waals surface area contributed by atoms with Gasteiger partial charge in [0, 0.05) is 37.3 Å². The highest BCUT2D eigenvalue weighted by Gasteiger charge is 2.26. The molecule has 5 aromatic rings. The maximum Gasteiger partial charge on any atom is 0.338 e. The third-order valence-electron chi connectivity index (χ3n) is 8.20. The molecule has 4 aromatic carbocycles. The molecule has 5 rings (SSSR count). The zero-order valence-electron chi connectivity index (χ0n) is 35.6. The third kappa shape index (κ3) is 17.0. The standard InChI is InChI=1S/C26H33N2O7PS.C19H22O5/c1-5-33-36(30,34-6-2)17-22-18-37-26(27-22)28-25(29)21-12-23(32-16-20-10-8-7-9-11-20)14-24(13-21)35-19(3)15-31-4;1-14(12-21-2)24-18-10-16(19(20)22-3)9-17(11-18)23-13-15-7-5-4-6-8-15/h7-14,18-19H,5-6,15-17H2,1-4H3,(H,27,28,29);4-11,14H,12-13H2,1-3H3/t19-;14-/m00/s1. The number of rotatable bonds is 23. The summed E-state index contributed by atoms with van der Waals surface area (Å²) in [6, 6.07) is 29.6. The Morgan fingerprint density at radius 1 is 0.689 bits per heavy atom. The first kappa shape index (κ1) is 48.4. The molecular formula is C45H55N2O12PS. The summed E-state index contributed by atoms with van der Waals surface area (Å²) in [7, 11) is 1.25. The number of methoxy groups -OCH3 is 3. The predicted octanol–water partition coefficient (Wildman–Crippen LogP) is 9.62. The van der Waals surface area contributed by atoms with Crippen molar-refractivity contribution >= 4 is 35.9 Å². The quantitative estimate of drug-likeness (QED) is 0.0489. The van der Waals surface area contributed by atoms with Crippen molar-refractivity contribution in [2.45, 2.75) is 59.3 Å². The lowest BCUT2D eigenvalue weighted by Crippen LogP contribution is -2.18. The maximum atomic E-state index is 13.1. The highest BCUT2D eigenvalue weighted by molar-refractivity contribution is 7.53. The summed E-state index contributed by atoms with van der Waals surface area (Å²) in [5.41, 5.74) is 3.28. The number of hydrogen-bond donors (Lipinski definition) is 1. The SMILES string of the molecule is CCOP(=O)(Cc1csc(NC(=O)c2cc(OCc3ccccc3)cc(O[C@@H](C)COC)c2)n1)OCC.COC[C@H](C)Oc1cc(OCc2ccccc2)cc(C(=O)OC)c1. The number of esters is 1. The van der Waals surface area contributed by atoms with Gasteiger partial charge in [-0.05, 0) is 63.1 Å². The smallest absolute Gasteiger partial charge is 0.338 e. The van der Waals surface area contributed by atoms with E-state index < -0.39 is 13.6 Å². The Balaban J connectivity index is 0.000000294. The second-order valence-corrected chi connectivity index (χ2v) is 16.3. The molecule has 61 heavy (non-hydrogen) atoms. The van der Waals surface area contributed by atoms with E-state index in [9.17, 15) is 14.2 Å². The molecule has 0 bridgehead atoms. The van der Waals surface area contributed by atoms with Gasteiger partial charge in [-0.1, -0.05) is 60.7 Å². The van der Waals surface area contributed by atoms with Crippen molar-refractivity contribution in [2.75, 3.05) is 53.1 Å². The van der Waals surface area contributed by atoms with Crippen molar-refractivity contribution in [1.82, 2.24) is 4.98 Å². The Labute approximate surface area is 361 Å². The van der Waals surface area contributed by atoms with E-state index in [4.69, 9.17) is 42.2 Å². The Morgan fingerprint density at radius 3 is 1.64 bits per heavy atom. The summed E-state index contributed by atoms with van der Waals surface area (Å²) >= 11 is 1.23. The first-order valence-electron chi connectivity index (χ1n) is 19.6. The van der Waals surface area contributed by atoms with Crippen LogP contribution < -0.4 is 24.3 Å². The van der Waals surface area contributed by atoms with Gasteiger partial charge in [0.2, 0.25) is 0 Å². The minimum absolute atomic E-state index is 0.0270. The summed E-state index contributed by atoms with van der Waals surface area (Å²) in [5.74, 6) is 1.23. The molecule has 0 saturated heterocycles. The number of benzene rings is 4. The Morgan fingerprint density at radius 2 is 1.16 bits per heavy atom. The average Bonchev–Trinajstić information content (AvgIpc) is 3.68. The number of nitrogens with one attached hydrogen (secondary N) is 1. The first-order valence-corrected chi connectivity index (χ1v) is 22.2. The van der Waals surface area contributed by atoms with Crippen LogP contribution >= 0.6 is 18.9 Å². The molecule has 0 aliphatic rings. The van der Waals surface area contributed by atoms with Crippen molar-refractivity contribution in [2.24, 2.45) is 0 Å². The predicted molar refractivity (Wildman–Crippen MR) is 234 cm³/mol. The van der Waals surface area contributed by atoms with E-state index >= 15 is 0 Å². The molecule has 1 N–H and O–H groups in total. The van der Waals surface area contributed by atoms with Crippen LogP contribution in [0.4, 0.5) is 5.13 Å². The highest BCUT2D eigenvalue weighted by atomic mass is 32.1. The zero-order chi connectivity index (χ0) is 44.0. The fourth-order valence-corrected chi connectivity index (χ4v) is 8.06. The van der Waals surface area contributed by atoms with E-state index in [-0.39, 0.29) is 37.5 Å². The van der Waals surface area contributed by atoms with Gasteiger partial charge in [0.25, 0.3) is 5.91 Å². The second-order valence-electron chi connectivity index (χ2n) is 13.4. The number of anilines is 1. The Kier molecular flexibility index (Phi) is 20.2. The molecule has 16 heteroatoms. The largest absolute Gasteiger partial charge is 0.489 e. The number of thiazole rings is 1. The molecule has 1 aromatic heterocycles. The van der Waals surface area contributed by atoms with Crippen LogP contribution in [0, 0.1) is 0 Å². The van der Waals surface area contributed by atoms with Crippen molar-refractivity contribution in [3.8, 4) is 23.0 Å². The van der Waals surface area contributed by atoms with Crippen molar-refractivity contribution in [1.29, 1.82) is 0 Å². The van der Waals surface area contributed by atoms with Crippen LogP contribution in [-0.4, -0.2) is 76.8 Å². The minimum atomic E-state index is -3.30. The minimum Gasteiger partial charge on any atom is -0.489 e.